The molecule has 9 heteroatoms. The van der Waals surface area contributed by atoms with Gasteiger partial charge in [-0.1, -0.05) is 72.8 Å². The molecule has 3 aromatic carbocycles. The molecule has 46 heavy (non-hydrogen) atoms. The number of aliphatic hydroxyl groups excluding tert-OH is 1. The molecular weight excluding hydrogens is 582 g/mol. The third kappa shape index (κ3) is 8.64. The second-order valence-corrected chi connectivity index (χ2v) is 11.6. The monoisotopic (exact) mass is 623 g/mol. The van der Waals surface area contributed by atoms with Crippen LogP contribution in [-0.4, -0.2) is 59.2 Å². The standard InChI is InChI=1S/C37H41N3O6/c1-25(44-26(2)42)36(43)39-32-14-9-12-30(22-32)37-45-33(23-40(3)21-19-31-13-7-8-20-38-31)34(28-10-5-4-6-11-28)35(46-37)29-17-15-27(24-41)16-18-29/h4-18,20,22,25,33-35,37,41H,19,21,23-24H2,1-3H3,(H,39,43)/t25-,33+,34+,35-,37?/m0/s1. The van der Waals surface area contributed by atoms with E-state index in [0.29, 0.717) is 12.2 Å². The summed E-state index contributed by atoms with van der Waals surface area (Å²) in [6, 6.07) is 31.4. The Labute approximate surface area is 270 Å². The fourth-order valence-corrected chi connectivity index (χ4v) is 5.72. The largest absolute Gasteiger partial charge is 0.453 e. The number of nitrogens with one attached hydrogen (secondary N) is 1. The molecule has 1 aliphatic rings. The molecule has 1 saturated heterocycles. The minimum Gasteiger partial charge on any atom is -0.453 e. The fourth-order valence-electron chi connectivity index (χ4n) is 5.72. The molecule has 1 amide bonds. The van der Waals surface area contributed by atoms with E-state index in [1.54, 1.807) is 6.07 Å². The van der Waals surface area contributed by atoms with Crippen molar-refractivity contribution in [2.45, 2.75) is 57.4 Å². The van der Waals surface area contributed by atoms with Crippen LogP contribution >= 0.6 is 0 Å². The summed E-state index contributed by atoms with van der Waals surface area (Å²) in [5.74, 6) is -1.10. The maximum absolute atomic E-state index is 12.7. The summed E-state index contributed by atoms with van der Waals surface area (Å²) >= 11 is 0. The van der Waals surface area contributed by atoms with E-state index in [4.69, 9.17) is 14.2 Å². The van der Waals surface area contributed by atoms with Gasteiger partial charge in [0, 0.05) is 55.5 Å². The lowest BCUT2D eigenvalue weighted by molar-refractivity contribution is -0.263. The van der Waals surface area contributed by atoms with E-state index in [9.17, 15) is 14.7 Å². The number of aliphatic hydroxyl groups is 1. The maximum Gasteiger partial charge on any atom is 0.303 e. The Morgan fingerprint density at radius 1 is 0.935 bits per heavy atom. The van der Waals surface area contributed by atoms with E-state index < -0.39 is 24.3 Å². The van der Waals surface area contributed by atoms with Gasteiger partial charge in [-0.2, -0.15) is 0 Å². The van der Waals surface area contributed by atoms with E-state index >= 15 is 0 Å². The molecule has 2 heterocycles. The molecule has 2 N–H and O–H groups in total. The van der Waals surface area contributed by atoms with Crippen molar-refractivity contribution in [2.24, 2.45) is 0 Å². The predicted molar refractivity (Wildman–Crippen MR) is 175 cm³/mol. The van der Waals surface area contributed by atoms with Crippen molar-refractivity contribution in [2.75, 3.05) is 25.5 Å². The number of esters is 1. The van der Waals surface area contributed by atoms with Crippen molar-refractivity contribution in [3.8, 4) is 0 Å². The van der Waals surface area contributed by atoms with E-state index in [0.717, 1.165) is 40.9 Å². The Morgan fingerprint density at radius 3 is 2.37 bits per heavy atom. The molecule has 0 saturated carbocycles. The number of hydrogen-bond acceptors (Lipinski definition) is 8. The van der Waals surface area contributed by atoms with Crippen molar-refractivity contribution in [3.05, 3.63) is 131 Å². The number of anilines is 1. The van der Waals surface area contributed by atoms with Crippen molar-refractivity contribution in [1.82, 2.24) is 9.88 Å². The van der Waals surface area contributed by atoms with Crippen LogP contribution in [0.25, 0.3) is 0 Å². The number of likely N-dealkylation sites (N-methyl/N-ethyl adjacent to an activating group) is 1. The van der Waals surface area contributed by atoms with Crippen LogP contribution in [0.2, 0.25) is 0 Å². The Morgan fingerprint density at radius 2 is 1.67 bits per heavy atom. The average molecular weight is 624 g/mol. The number of pyridine rings is 1. The van der Waals surface area contributed by atoms with Crippen molar-refractivity contribution in [3.63, 3.8) is 0 Å². The molecule has 1 unspecified atom stereocenters. The van der Waals surface area contributed by atoms with Gasteiger partial charge in [-0.3, -0.25) is 14.6 Å². The van der Waals surface area contributed by atoms with Crippen LogP contribution in [0.5, 0.6) is 0 Å². The number of amides is 1. The van der Waals surface area contributed by atoms with Crippen LogP contribution in [0.1, 0.15) is 60.1 Å². The van der Waals surface area contributed by atoms with E-state index in [1.807, 2.05) is 85.1 Å². The van der Waals surface area contributed by atoms with Gasteiger partial charge >= 0.3 is 5.97 Å². The van der Waals surface area contributed by atoms with Crippen molar-refractivity contribution >= 4 is 17.6 Å². The second-order valence-electron chi connectivity index (χ2n) is 11.6. The number of ether oxygens (including phenoxy) is 3. The highest BCUT2D eigenvalue weighted by molar-refractivity contribution is 5.95. The van der Waals surface area contributed by atoms with Crippen LogP contribution in [-0.2, 0) is 36.8 Å². The molecule has 5 atom stereocenters. The highest BCUT2D eigenvalue weighted by Gasteiger charge is 2.42. The molecule has 1 fully saturated rings. The number of carbonyl (C=O) groups excluding carboxylic acids is 2. The Hall–Kier alpha value is -4.41. The van der Waals surface area contributed by atoms with E-state index in [2.05, 4.69) is 34.4 Å². The molecule has 0 radical (unpaired) electrons. The third-order valence-corrected chi connectivity index (χ3v) is 8.08. The second kappa shape index (κ2) is 15.7. The summed E-state index contributed by atoms with van der Waals surface area (Å²) in [5.41, 5.74) is 5.19. The molecule has 0 aliphatic carbocycles. The summed E-state index contributed by atoms with van der Waals surface area (Å²) in [7, 11) is 2.09. The van der Waals surface area contributed by atoms with Gasteiger partial charge in [0.15, 0.2) is 12.4 Å². The van der Waals surface area contributed by atoms with Crippen LogP contribution in [0, 0.1) is 0 Å². The third-order valence-electron chi connectivity index (χ3n) is 8.08. The van der Waals surface area contributed by atoms with Gasteiger partial charge in [-0.05, 0) is 54.9 Å². The van der Waals surface area contributed by atoms with Crippen LogP contribution in [0.4, 0.5) is 5.69 Å². The summed E-state index contributed by atoms with van der Waals surface area (Å²) in [5, 5.41) is 12.5. The Kier molecular flexibility index (Phi) is 11.3. The minimum absolute atomic E-state index is 0.0437. The fraction of sp³-hybridized carbons (Fsp3) is 0.324. The van der Waals surface area contributed by atoms with Gasteiger partial charge in [0.2, 0.25) is 0 Å². The molecule has 9 nitrogen and oxygen atoms in total. The first kappa shape index (κ1) is 33.0. The number of carbonyl (C=O) groups is 2. The molecule has 1 aromatic heterocycles. The maximum atomic E-state index is 12.7. The molecule has 0 bridgehead atoms. The quantitative estimate of drug-likeness (QED) is 0.197. The van der Waals surface area contributed by atoms with Gasteiger partial charge < -0.3 is 29.5 Å². The molecule has 1 aliphatic heterocycles. The number of hydrogen-bond donors (Lipinski definition) is 2. The summed E-state index contributed by atoms with van der Waals surface area (Å²) in [6.45, 7) is 4.18. The van der Waals surface area contributed by atoms with E-state index in [-0.39, 0.29) is 24.7 Å². The first-order chi connectivity index (χ1) is 22.3. The zero-order valence-corrected chi connectivity index (χ0v) is 26.4. The molecule has 4 aromatic rings. The van der Waals surface area contributed by atoms with Crippen LogP contribution < -0.4 is 5.32 Å². The molecule has 0 spiro atoms. The number of nitrogens with zero attached hydrogens (tertiary/aromatic N) is 2. The van der Waals surface area contributed by atoms with Crippen molar-refractivity contribution in [1.29, 1.82) is 0 Å². The zero-order chi connectivity index (χ0) is 32.5. The molecule has 240 valence electrons. The number of benzene rings is 3. The molecule has 5 rings (SSSR count). The number of rotatable bonds is 12. The first-order valence-corrected chi connectivity index (χ1v) is 15.5. The van der Waals surface area contributed by atoms with Gasteiger partial charge in [-0.15, -0.1) is 0 Å². The topological polar surface area (TPSA) is 110 Å². The summed E-state index contributed by atoms with van der Waals surface area (Å²) in [6.07, 6.45) is 0.309. The zero-order valence-electron chi connectivity index (χ0n) is 26.4. The lowest BCUT2D eigenvalue weighted by Gasteiger charge is -2.44. The normalized spacial score (nSPS) is 20.2. The summed E-state index contributed by atoms with van der Waals surface area (Å²) < 4.78 is 18.7. The van der Waals surface area contributed by atoms with Crippen LogP contribution in [0.15, 0.2) is 103 Å². The van der Waals surface area contributed by atoms with Gasteiger partial charge in [-0.25, -0.2) is 0 Å². The SMILES string of the molecule is CC(=O)O[C@@H](C)C(=O)Nc1cccc(C2O[C@H](CN(C)CCc3ccccn3)[C@@H](c3ccccc3)[C@H](c3ccc(CO)cc3)O2)c1. The number of aromatic nitrogens is 1. The average Bonchev–Trinajstić information content (AvgIpc) is 3.07. The first-order valence-electron chi connectivity index (χ1n) is 15.5. The Balaban J connectivity index is 1.45. The smallest absolute Gasteiger partial charge is 0.303 e. The highest BCUT2D eigenvalue weighted by atomic mass is 16.7. The Bertz CT molecular complexity index is 1570. The van der Waals surface area contributed by atoms with Crippen LogP contribution in [0.3, 0.4) is 0 Å². The van der Waals surface area contributed by atoms with Gasteiger partial charge in [0.1, 0.15) is 0 Å². The lowest BCUT2D eigenvalue weighted by Crippen LogP contribution is -2.43. The highest BCUT2D eigenvalue weighted by Crippen LogP contribution is 2.47. The van der Waals surface area contributed by atoms with Gasteiger partial charge in [0.25, 0.3) is 5.91 Å². The molecular formula is C37H41N3O6. The van der Waals surface area contributed by atoms with Gasteiger partial charge in [0.05, 0.1) is 18.8 Å². The predicted octanol–water partition coefficient (Wildman–Crippen LogP) is 5.58. The summed E-state index contributed by atoms with van der Waals surface area (Å²) in [4.78, 5) is 30.8. The lowest BCUT2D eigenvalue weighted by atomic mass is 9.83. The van der Waals surface area contributed by atoms with E-state index in [1.165, 1.54) is 13.8 Å². The minimum atomic E-state index is -0.938. The van der Waals surface area contributed by atoms with Crippen molar-refractivity contribution < 1.29 is 28.9 Å².